The van der Waals surface area contributed by atoms with E-state index >= 15 is 0 Å². The second kappa shape index (κ2) is 9.06. The van der Waals surface area contributed by atoms with Gasteiger partial charge in [-0.2, -0.15) is 4.98 Å². The third-order valence-electron chi connectivity index (χ3n) is 5.63. The third-order valence-corrected chi connectivity index (χ3v) is 6.74. The molecule has 1 aliphatic carbocycles. The lowest BCUT2D eigenvalue weighted by atomic mass is 9.82. The lowest BCUT2D eigenvalue weighted by molar-refractivity contribution is 0.0999. The summed E-state index contributed by atoms with van der Waals surface area (Å²) in [6.45, 7) is 0.547. The van der Waals surface area contributed by atoms with Crippen LogP contribution in [0.5, 0.6) is 0 Å². The van der Waals surface area contributed by atoms with Gasteiger partial charge in [0, 0.05) is 24.0 Å². The van der Waals surface area contributed by atoms with Crippen molar-refractivity contribution in [2.24, 2.45) is 5.73 Å². The number of nitrogens with two attached hydrogens (primary N) is 1. The number of anilines is 3. The molecule has 168 valence electrons. The molecule has 1 amide bonds. The monoisotopic (exact) mass is 448 g/mol. The molecule has 0 bridgehead atoms. The summed E-state index contributed by atoms with van der Waals surface area (Å²) in [5.74, 6) is -0.801. The Morgan fingerprint density at radius 1 is 1.26 bits per heavy atom. The van der Waals surface area contributed by atoms with Crippen molar-refractivity contribution in [2.45, 2.75) is 42.5 Å². The molecule has 0 atom stereocenters. The van der Waals surface area contributed by atoms with Gasteiger partial charge in [-0.1, -0.05) is 25.3 Å². The van der Waals surface area contributed by atoms with E-state index in [4.69, 9.17) is 5.73 Å². The zero-order chi connectivity index (χ0) is 22.6. The zero-order valence-corrected chi connectivity index (χ0v) is 18.4. The van der Waals surface area contributed by atoms with Crippen molar-refractivity contribution in [2.75, 3.05) is 30.5 Å². The fraction of sp³-hybridized carbons (Fsp3) is 0.450. The van der Waals surface area contributed by atoms with Crippen molar-refractivity contribution in [1.29, 1.82) is 0 Å². The number of H-pyrrole nitrogens is 1. The van der Waals surface area contributed by atoms with E-state index < -0.39 is 21.3 Å². The summed E-state index contributed by atoms with van der Waals surface area (Å²) in [6, 6.07) is 6.01. The number of benzene rings is 1. The summed E-state index contributed by atoms with van der Waals surface area (Å²) < 4.78 is 23.7. The molecule has 10 nitrogen and oxygen atoms in total. The van der Waals surface area contributed by atoms with Crippen LogP contribution < -0.4 is 27.2 Å². The van der Waals surface area contributed by atoms with Gasteiger partial charge in [0.15, 0.2) is 15.7 Å². The first-order valence-corrected chi connectivity index (χ1v) is 12.0. The number of nitrogens with zero attached hydrogens (tertiary/aromatic N) is 1. The van der Waals surface area contributed by atoms with Crippen LogP contribution in [-0.4, -0.2) is 49.7 Å². The van der Waals surface area contributed by atoms with Gasteiger partial charge in [0.05, 0.1) is 4.90 Å². The minimum absolute atomic E-state index is 0.0495. The molecule has 0 aliphatic heterocycles. The Morgan fingerprint density at radius 3 is 2.58 bits per heavy atom. The highest BCUT2D eigenvalue weighted by atomic mass is 32.2. The van der Waals surface area contributed by atoms with E-state index in [2.05, 4.69) is 25.9 Å². The first-order chi connectivity index (χ1) is 14.6. The van der Waals surface area contributed by atoms with Crippen LogP contribution in [-0.2, 0) is 9.84 Å². The zero-order valence-electron chi connectivity index (χ0n) is 17.6. The summed E-state index contributed by atoms with van der Waals surface area (Å²) in [7, 11) is -1.51. The summed E-state index contributed by atoms with van der Waals surface area (Å²) in [6.07, 6.45) is 6.55. The van der Waals surface area contributed by atoms with Gasteiger partial charge in [0.25, 0.3) is 11.5 Å². The van der Waals surface area contributed by atoms with Crippen LogP contribution in [0.3, 0.4) is 0 Å². The number of rotatable bonds is 8. The van der Waals surface area contributed by atoms with Crippen LogP contribution >= 0.6 is 0 Å². The van der Waals surface area contributed by atoms with Gasteiger partial charge >= 0.3 is 0 Å². The molecular weight excluding hydrogens is 420 g/mol. The molecular formula is C20H28N6O4S. The molecule has 31 heavy (non-hydrogen) atoms. The van der Waals surface area contributed by atoms with Gasteiger partial charge in [-0.05, 0) is 38.1 Å². The Balaban J connectivity index is 1.91. The number of sulfone groups is 1. The Labute approximate surface area is 181 Å². The minimum atomic E-state index is -3.43. The van der Waals surface area contributed by atoms with Gasteiger partial charge in [0.1, 0.15) is 5.56 Å². The van der Waals surface area contributed by atoms with E-state index in [0.29, 0.717) is 12.2 Å². The lowest BCUT2D eigenvalue weighted by Crippen LogP contribution is -2.50. The Kier molecular flexibility index (Phi) is 6.65. The highest BCUT2D eigenvalue weighted by Crippen LogP contribution is 2.28. The Hall–Kier alpha value is -2.92. The molecule has 0 spiro atoms. The number of likely N-dealkylation sites (N-methyl/N-ethyl adjacent to an activating group) is 1. The fourth-order valence-corrected chi connectivity index (χ4v) is 4.48. The Bertz CT molecular complexity index is 1120. The van der Waals surface area contributed by atoms with Crippen molar-refractivity contribution >= 4 is 33.2 Å². The Morgan fingerprint density at radius 2 is 1.97 bits per heavy atom. The standard InChI is InChI=1S/C20H28N6O4S/c1-22-20(9-4-3-5-10-20)12-23-19-25-17(15(16(21)27)18(28)26-19)24-13-7-6-8-14(11-13)31(2,29)30/h6-8,11,22H,3-5,9-10,12H2,1-2H3,(H2,21,27)(H3,23,24,25,26,28). The molecule has 0 saturated heterocycles. The molecule has 2 aromatic rings. The number of primary amides is 1. The molecule has 6 N–H and O–H groups in total. The first-order valence-electron chi connectivity index (χ1n) is 10.1. The summed E-state index contributed by atoms with van der Waals surface area (Å²) >= 11 is 0. The topological polar surface area (TPSA) is 159 Å². The normalized spacial score (nSPS) is 15.9. The SMILES string of the molecule is CNC1(CNc2nc(Nc3cccc(S(C)(=O)=O)c3)c(C(N)=O)c(=O)[nH]2)CCCCC1. The van der Waals surface area contributed by atoms with Gasteiger partial charge in [-0.3, -0.25) is 14.6 Å². The fourth-order valence-electron chi connectivity index (χ4n) is 3.81. The number of aromatic amines is 1. The molecule has 1 saturated carbocycles. The highest BCUT2D eigenvalue weighted by molar-refractivity contribution is 7.90. The maximum absolute atomic E-state index is 12.5. The number of aromatic nitrogens is 2. The van der Waals surface area contributed by atoms with Crippen LogP contribution in [0.2, 0.25) is 0 Å². The van der Waals surface area contributed by atoms with E-state index in [1.54, 1.807) is 12.1 Å². The average molecular weight is 449 g/mol. The van der Waals surface area contributed by atoms with Crippen LogP contribution in [0.25, 0.3) is 0 Å². The molecule has 3 rings (SSSR count). The lowest BCUT2D eigenvalue weighted by Gasteiger charge is -2.37. The quantitative estimate of drug-likeness (QED) is 0.405. The first kappa shape index (κ1) is 22.8. The number of nitrogens with one attached hydrogen (secondary N) is 4. The molecule has 1 aliphatic rings. The smallest absolute Gasteiger partial charge is 0.267 e. The van der Waals surface area contributed by atoms with Crippen LogP contribution in [0.15, 0.2) is 34.0 Å². The van der Waals surface area contributed by atoms with Gasteiger partial charge < -0.3 is 21.7 Å². The second-order valence-electron chi connectivity index (χ2n) is 7.87. The summed E-state index contributed by atoms with van der Waals surface area (Å²) in [5, 5.41) is 9.39. The number of hydrogen-bond acceptors (Lipinski definition) is 8. The van der Waals surface area contributed by atoms with Crippen molar-refractivity contribution in [3.63, 3.8) is 0 Å². The van der Waals surface area contributed by atoms with Crippen LogP contribution in [0.1, 0.15) is 42.5 Å². The van der Waals surface area contributed by atoms with Crippen LogP contribution in [0, 0.1) is 0 Å². The maximum Gasteiger partial charge on any atom is 0.267 e. The molecule has 1 heterocycles. The molecule has 1 aromatic carbocycles. The molecule has 1 fully saturated rings. The molecule has 1 aromatic heterocycles. The molecule has 0 unspecified atom stereocenters. The van der Waals surface area contributed by atoms with Gasteiger partial charge in [-0.25, -0.2) is 8.42 Å². The predicted molar refractivity (Wildman–Crippen MR) is 120 cm³/mol. The third kappa shape index (κ3) is 5.42. The second-order valence-corrected chi connectivity index (χ2v) is 9.89. The minimum Gasteiger partial charge on any atom is -0.365 e. The van der Waals surface area contributed by atoms with E-state index in [9.17, 15) is 18.0 Å². The van der Waals surface area contributed by atoms with Gasteiger partial charge in [-0.15, -0.1) is 0 Å². The largest absolute Gasteiger partial charge is 0.365 e. The average Bonchev–Trinajstić information content (AvgIpc) is 2.72. The summed E-state index contributed by atoms with van der Waals surface area (Å²) in [4.78, 5) is 31.4. The number of hydrogen-bond donors (Lipinski definition) is 5. The van der Waals surface area contributed by atoms with Gasteiger partial charge in [0.2, 0.25) is 5.95 Å². The van der Waals surface area contributed by atoms with Crippen molar-refractivity contribution in [1.82, 2.24) is 15.3 Å². The molecule has 0 radical (unpaired) electrons. The molecule has 11 heteroatoms. The van der Waals surface area contributed by atoms with Crippen molar-refractivity contribution in [3.05, 3.63) is 40.2 Å². The van der Waals surface area contributed by atoms with E-state index in [1.807, 2.05) is 7.05 Å². The van der Waals surface area contributed by atoms with Crippen molar-refractivity contribution in [3.8, 4) is 0 Å². The number of carbonyl (C=O) groups excluding carboxylic acids is 1. The van der Waals surface area contributed by atoms with E-state index in [1.165, 1.54) is 18.6 Å². The highest BCUT2D eigenvalue weighted by Gasteiger charge is 2.30. The number of amides is 1. The maximum atomic E-state index is 12.5. The van der Waals surface area contributed by atoms with E-state index in [0.717, 1.165) is 31.9 Å². The van der Waals surface area contributed by atoms with E-state index in [-0.39, 0.29) is 27.8 Å². The van der Waals surface area contributed by atoms with Crippen molar-refractivity contribution < 1.29 is 13.2 Å². The summed E-state index contributed by atoms with van der Waals surface area (Å²) in [5.41, 5.74) is 4.62. The predicted octanol–water partition coefficient (Wildman–Crippen LogP) is 1.35. The number of carbonyl (C=O) groups is 1. The van der Waals surface area contributed by atoms with Crippen LogP contribution in [0.4, 0.5) is 17.5 Å².